The lowest BCUT2D eigenvalue weighted by atomic mass is 10.1. The van der Waals surface area contributed by atoms with Crippen molar-refractivity contribution in [3.05, 3.63) is 88.1 Å². The van der Waals surface area contributed by atoms with Gasteiger partial charge in [-0.05, 0) is 67.8 Å². The predicted molar refractivity (Wildman–Crippen MR) is 122 cm³/mol. The molecule has 0 radical (unpaired) electrons. The number of amides is 1. The van der Waals surface area contributed by atoms with Crippen molar-refractivity contribution < 1.29 is 4.79 Å². The van der Waals surface area contributed by atoms with Crippen molar-refractivity contribution in [2.45, 2.75) is 32.7 Å². The smallest absolute Gasteiger partial charge is 0.260 e. The predicted octanol–water partition coefficient (Wildman–Crippen LogP) is 5.26. The number of anilines is 1. The van der Waals surface area contributed by atoms with Crippen LogP contribution in [0, 0.1) is 13.8 Å². The molecule has 0 bridgehead atoms. The van der Waals surface area contributed by atoms with Gasteiger partial charge in [-0.1, -0.05) is 49.0 Å². The molecule has 4 nitrogen and oxygen atoms in total. The van der Waals surface area contributed by atoms with Crippen LogP contribution in [0.4, 0.5) is 5.69 Å². The lowest BCUT2D eigenvalue weighted by Gasteiger charge is -2.12. The Bertz CT molecular complexity index is 1050. The highest BCUT2D eigenvalue weighted by Crippen LogP contribution is 2.32. The Hall–Kier alpha value is -2.92. The molecule has 1 aliphatic heterocycles. The minimum absolute atomic E-state index is 0.0396. The van der Waals surface area contributed by atoms with E-state index in [2.05, 4.69) is 78.4 Å². The number of thioether (sulfide) groups is 1. The number of aromatic nitrogens is 1. The van der Waals surface area contributed by atoms with Crippen LogP contribution in [-0.2, 0) is 11.2 Å². The van der Waals surface area contributed by atoms with E-state index in [0.29, 0.717) is 0 Å². The molecule has 1 saturated heterocycles. The molecule has 2 N–H and O–H groups in total. The first-order chi connectivity index (χ1) is 14.0. The molecule has 1 fully saturated rings. The number of aryl methyl sites for hydroxylation is 2. The molecule has 0 aliphatic carbocycles. The molecule has 1 atom stereocenters. The summed E-state index contributed by atoms with van der Waals surface area (Å²) >= 11 is 1.52. The fraction of sp³-hybridized carbons (Fsp3) is 0.208. The van der Waals surface area contributed by atoms with Gasteiger partial charge in [0.2, 0.25) is 0 Å². The molecule has 1 aromatic heterocycles. The van der Waals surface area contributed by atoms with Gasteiger partial charge in [-0.25, -0.2) is 0 Å². The van der Waals surface area contributed by atoms with Crippen molar-refractivity contribution in [3.8, 4) is 5.69 Å². The number of benzene rings is 2. The van der Waals surface area contributed by atoms with E-state index in [1.54, 1.807) is 0 Å². The van der Waals surface area contributed by atoms with E-state index >= 15 is 0 Å². The Kier molecular flexibility index (Phi) is 5.49. The summed E-state index contributed by atoms with van der Waals surface area (Å²) in [5.41, 5.74) is 6.61. The fourth-order valence-corrected chi connectivity index (χ4v) is 4.58. The van der Waals surface area contributed by atoms with Gasteiger partial charge in [0.05, 0.1) is 4.91 Å². The zero-order valence-electron chi connectivity index (χ0n) is 16.9. The van der Waals surface area contributed by atoms with E-state index in [1.165, 1.54) is 17.3 Å². The zero-order valence-corrected chi connectivity index (χ0v) is 17.7. The third-order valence-electron chi connectivity index (χ3n) is 5.16. The Morgan fingerprint density at radius 1 is 1.10 bits per heavy atom. The van der Waals surface area contributed by atoms with Gasteiger partial charge in [-0.2, -0.15) is 0 Å². The number of nitrogens with one attached hydrogen (secondary N) is 2. The highest BCUT2D eigenvalue weighted by atomic mass is 32.2. The van der Waals surface area contributed by atoms with Crippen LogP contribution >= 0.6 is 11.8 Å². The SMILES string of the molecule is CCc1ccc(N[C@@H]2NC(=O)/C(=C\c3cc(C)n(-c4ccccc4)c3C)S2)cc1. The first-order valence-electron chi connectivity index (χ1n) is 9.84. The molecule has 3 aromatic rings. The Labute approximate surface area is 176 Å². The van der Waals surface area contributed by atoms with Crippen LogP contribution in [0.15, 0.2) is 65.6 Å². The van der Waals surface area contributed by atoms with Crippen LogP contribution in [0.25, 0.3) is 11.8 Å². The number of hydrogen-bond acceptors (Lipinski definition) is 3. The third-order valence-corrected chi connectivity index (χ3v) is 6.19. The Morgan fingerprint density at radius 3 is 2.52 bits per heavy atom. The summed E-state index contributed by atoms with van der Waals surface area (Å²) in [6.45, 7) is 6.32. The molecule has 2 aromatic carbocycles. The summed E-state index contributed by atoms with van der Waals surface area (Å²) in [4.78, 5) is 13.2. The number of rotatable bonds is 5. The summed E-state index contributed by atoms with van der Waals surface area (Å²) in [6.07, 6.45) is 3.01. The molecule has 0 spiro atoms. The second-order valence-electron chi connectivity index (χ2n) is 7.17. The minimum Gasteiger partial charge on any atom is -0.357 e. The first kappa shape index (κ1) is 19.4. The Morgan fingerprint density at radius 2 is 1.83 bits per heavy atom. The number of hydrogen-bond donors (Lipinski definition) is 2. The quantitative estimate of drug-likeness (QED) is 0.572. The monoisotopic (exact) mass is 403 g/mol. The van der Waals surface area contributed by atoms with Crippen molar-refractivity contribution in [2.75, 3.05) is 5.32 Å². The van der Waals surface area contributed by atoms with Crippen molar-refractivity contribution >= 4 is 29.4 Å². The van der Waals surface area contributed by atoms with Crippen LogP contribution in [-0.4, -0.2) is 16.0 Å². The molecule has 0 saturated carbocycles. The number of nitrogens with zero attached hydrogens (tertiary/aromatic N) is 1. The average Bonchev–Trinajstić information content (AvgIpc) is 3.21. The molecular formula is C24H25N3OS. The van der Waals surface area contributed by atoms with Gasteiger partial charge in [0.15, 0.2) is 5.50 Å². The van der Waals surface area contributed by atoms with E-state index in [0.717, 1.165) is 39.7 Å². The van der Waals surface area contributed by atoms with E-state index in [1.807, 2.05) is 24.3 Å². The molecule has 4 rings (SSSR count). The van der Waals surface area contributed by atoms with E-state index < -0.39 is 0 Å². The van der Waals surface area contributed by atoms with Crippen LogP contribution < -0.4 is 10.6 Å². The Balaban J connectivity index is 1.53. The fourth-order valence-electron chi connectivity index (χ4n) is 3.60. The highest BCUT2D eigenvalue weighted by molar-refractivity contribution is 8.05. The number of para-hydroxylation sites is 1. The molecule has 1 aliphatic rings. The molecule has 1 amide bonds. The van der Waals surface area contributed by atoms with Crippen LogP contribution in [0.3, 0.4) is 0 Å². The summed E-state index contributed by atoms with van der Waals surface area (Å²) in [5, 5.41) is 6.39. The van der Waals surface area contributed by atoms with Crippen molar-refractivity contribution in [1.82, 2.24) is 9.88 Å². The standard InChI is InChI=1S/C24H25N3OS/c1-4-18-10-12-20(13-11-18)25-24-26-23(28)22(29-24)15-19-14-16(2)27(17(19)3)21-8-6-5-7-9-21/h5-15,24-25H,4H2,1-3H3,(H,26,28)/b22-15+/t24-/m1/s1. The van der Waals surface area contributed by atoms with Gasteiger partial charge in [0.1, 0.15) is 0 Å². The van der Waals surface area contributed by atoms with E-state index in [9.17, 15) is 4.79 Å². The maximum atomic E-state index is 12.5. The molecule has 0 unspecified atom stereocenters. The van der Waals surface area contributed by atoms with Crippen molar-refractivity contribution in [1.29, 1.82) is 0 Å². The number of carbonyl (C=O) groups is 1. The number of carbonyl (C=O) groups excluding carboxylic acids is 1. The van der Waals surface area contributed by atoms with Crippen LogP contribution in [0.1, 0.15) is 29.4 Å². The van der Waals surface area contributed by atoms with Gasteiger partial charge in [0, 0.05) is 22.8 Å². The molecule has 5 heteroatoms. The van der Waals surface area contributed by atoms with Gasteiger partial charge >= 0.3 is 0 Å². The maximum Gasteiger partial charge on any atom is 0.260 e. The van der Waals surface area contributed by atoms with Gasteiger partial charge in [0.25, 0.3) is 5.91 Å². The first-order valence-corrected chi connectivity index (χ1v) is 10.7. The van der Waals surface area contributed by atoms with Gasteiger partial charge in [-0.3, -0.25) is 4.79 Å². The normalized spacial score (nSPS) is 17.6. The summed E-state index contributed by atoms with van der Waals surface area (Å²) < 4.78 is 2.22. The highest BCUT2D eigenvalue weighted by Gasteiger charge is 2.27. The molecule has 148 valence electrons. The lowest BCUT2D eigenvalue weighted by molar-refractivity contribution is -0.116. The largest absolute Gasteiger partial charge is 0.357 e. The second kappa shape index (κ2) is 8.21. The van der Waals surface area contributed by atoms with Crippen LogP contribution in [0.2, 0.25) is 0 Å². The molecular weight excluding hydrogens is 378 g/mol. The molecule has 2 heterocycles. The zero-order chi connectivity index (χ0) is 20.4. The molecule has 29 heavy (non-hydrogen) atoms. The third kappa shape index (κ3) is 4.10. The maximum absolute atomic E-state index is 12.5. The summed E-state index contributed by atoms with van der Waals surface area (Å²) in [7, 11) is 0. The average molecular weight is 404 g/mol. The van der Waals surface area contributed by atoms with E-state index in [4.69, 9.17) is 0 Å². The van der Waals surface area contributed by atoms with Gasteiger partial charge < -0.3 is 15.2 Å². The lowest BCUT2D eigenvalue weighted by Crippen LogP contribution is -2.30. The topological polar surface area (TPSA) is 46.1 Å². The van der Waals surface area contributed by atoms with E-state index in [-0.39, 0.29) is 11.4 Å². The second-order valence-corrected chi connectivity index (χ2v) is 8.32. The van der Waals surface area contributed by atoms with Gasteiger partial charge in [-0.15, -0.1) is 0 Å². The summed E-state index contributed by atoms with van der Waals surface area (Å²) in [6, 6.07) is 20.7. The summed E-state index contributed by atoms with van der Waals surface area (Å²) in [5.74, 6) is -0.0396. The van der Waals surface area contributed by atoms with Crippen molar-refractivity contribution in [3.63, 3.8) is 0 Å². The minimum atomic E-state index is -0.168. The van der Waals surface area contributed by atoms with Crippen LogP contribution in [0.5, 0.6) is 0 Å². The van der Waals surface area contributed by atoms with Crippen molar-refractivity contribution in [2.24, 2.45) is 0 Å².